The Morgan fingerprint density at radius 3 is 3.24 bits per heavy atom. The van der Waals surface area contributed by atoms with Crippen molar-refractivity contribution in [2.75, 3.05) is 38.3 Å². The number of hydrogen-bond donors (Lipinski definition) is 1. The van der Waals surface area contributed by atoms with Gasteiger partial charge in [0.1, 0.15) is 5.75 Å². The Kier molecular flexibility index (Phi) is 2.86. The van der Waals surface area contributed by atoms with Crippen LogP contribution < -0.4 is 15.0 Å². The Balaban J connectivity index is 1.88. The van der Waals surface area contributed by atoms with E-state index in [4.69, 9.17) is 9.47 Å². The first kappa shape index (κ1) is 10.8. The van der Waals surface area contributed by atoms with Crippen LogP contribution in [0.3, 0.4) is 0 Å². The van der Waals surface area contributed by atoms with Crippen LogP contribution in [-0.2, 0) is 4.74 Å². The number of aromatic nitrogens is 1. The summed E-state index contributed by atoms with van der Waals surface area (Å²) in [6, 6.07) is 2.30. The van der Waals surface area contributed by atoms with E-state index in [0.29, 0.717) is 6.04 Å². The summed E-state index contributed by atoms with van der Waals surface area (Å²) >= 11 is 0. The summed E-state index contributed by atoms with van der Waals surface area (Å²) in [4.78, 5) is 6.49. The van der Waals surface area contributed by atoms with Crippen molar-refractivity contribution in [1.29, 1.82) is 0 Å². The van der Waals surface area contributed by atoms with Crippen molar-refractivity contribution in [3.05, 3.63) is 18.5 Å². The molecule has 2 bridgehead atoms. The number of methoxy groups -OCH3 is 1. The summed E-state index contributed by atoms with van der Waals surface area (Å²) < 4.78 is 11.1. The monoisotopic (exact) mass is 235 g/mol. The number of nitrogens with one attached hydrogen (secondary N) is 1. The van der Waals surface area contributed by atoms with Crippen molar-refractivity contribution in [3.8, 4) is 5.75 Å². The minimum absolute atomic E-state index is 0.263. The maximum Gasteiger partial charge on any atom is 0.145 e. The number of fused-ring (bicyclic) bond motifs is 4. The molecule has 0 spiro atoms. The second-order valence-electron chi connectivity index (χ2n) is 4.51. The molecule has 92 valence electrons. The van der Waals surface area contributed by atoms with E-state index in [1.54, 1.807) is 13.3 Å². The van der Waals surface area contributed by atoms with Gasteiger partial charge in [0, 0.05) is 37.9 Å². The van der Waals surface area contributed by atoms with E-state index in [1.807, 2.05) is 12.3 Å². The fourth-order valence-corrected chi connectivity index (χ4v) is 2.47. The van der Waals surface area contributed by atoms with Crippen LogP contribution >= 0.6 is 0 Å². The van der Waals surface area contributed by atoms with Gasteiger partial charge in [0.25, 0.3) is 0 Å². The number of pyridine rings is 1. The SMILES string of the molecule is COc1ccncc1N1CC2COC(CN2)C1. The lowest BCUT2D eigenvalue weighted by Gasteiger charge is -2.24. The summed E-state index contributed by atoms with van der Waals surface area (Å²) in [5.74, 6) is 0.876. The van der Waals surface area contributed by atoms with Crippen LogP contribution in [0.1, 0.15) is 0 Å². The van der Waals surface area contributed by atoms with Crippen molar-refractivity contribution in [1.82, 2.24) is 10.3 Å². The lowest BCUT2D eigenvalue weighted by molar-refractivity contribution is 0.0259. The average molecular weight is 235 g/mol. The van der Waals surface area contributed by atoms with Crippen molar-refractivity contribution < 1.29 is 9.47 Å². The second-order valence-corrected chi connectivity index (χ2v) is 4.51. The van der Waals surface area contributed by atoms with Crippen LogP contribution in [0.4, 0.5) is 5.69 Å². The third-order valence-electron chi connectivity index (χ3n) is 3.35. The molecule has 2 unspecified atom stereocenters. The first-order valence-corrected chi connectivity index (χ1v) is 5.95. The fourth-order valence-electron chi connectivity index (χ4n) is 2.47. The summed E-state index contributed by atoms with van der Waals surface area (Å²) in [5, 5.41) is 3.49. The highest BCUT2D eigenvalue weighted by Crippen LogP contribution is 2.28. The van der Waals surface area contributed by atoms with Gasteiger partial charge < -0.3 is 19.7 Å². The van der Waals surface area contributed by atoms with Crippen LogP contribution in [0, 0.1) is 0 Å². The van der Waals surface area contributed by atoms with Crippen LogP contribution in [0.25, 0.3) is 0 Å². The van der Waals surface area contributed by atoms with Gasteiger partial charge in [-0.15, -0.1) is 0 Å². The Hall–Kier alpha value is -1.33. The standard InChI is InChI=1S/C12H17N3O2/c1-16-12-2-3-13-5-11(12)15-6-9-8-17-10(7-15)4-14-9/h2-3,5,9-10,14H,4,6-8H2,1H3. The number of ether oxygens (including phenoxy) is 2. The van der Waals surface area contributed by atoms with Gasteiger partial charge in [-0.25, -0.2) is 0 Å². The zero-order valence-corrected chi connectivity index (χ0v) is 9.93. The molecule has 17 heavy (non-hydrogen) atoms. The molecule has 3 aliphatic rings. The van der Waals surface area contributed by atoms with Gasteiger partial charge in [0.2, 0.25) is 0 Å². The van der Waals surface area contributed by atoms with Crippen LogP contribution in [0.15, 0.2) is 18.5 Å². The average Bonchev–Trinajstić information content (AvgIpc) is 2.72. The number of hydrogen-bond acceptors (Lipinski definition) is 5. The van der Waals surface area contributed by atoms with Crippen molar-refractivity contribution in [3.63, 3.8) is 0 Å². The molecule has 1 aromatic rings. The summed E-state index contributed by atoms with van der Waals surface area (Å²) in [6.45, 7) is 3.57. The normalized spacial score (nSPS) is 27.9. The highest BCUT2D eigenvalue weighted by molar-refractivity contribution is 5.57. The number of anilines is 1. The Labute approximate surface area is 101 Å². The van der Waals surface area contributed by atoms with Gasteiger partial charge in [-0.05, 0) is 0 Å². The van der Waals surface area contributed by atoms with Gasteiger partial charge in [-0.1, -0.05) is 0 Å². The molecule has 0 amide bonds. The number of rotatable bonds is 2. The fraction of sp³-hybridized carbons (Fsp3) is 0.583. The largest absolute Gasteiger partial charge is 0.494 e. The molecule has 0 radical (unpaired) electrons. The van der Waals surface area contributed by atoms with E-state index in [-0.39, 0.29) is 6.10 Å². The molecular weight excluding hydrogens is 218 g/mol. The lowest BCUT2D eigenvalue weighted by atomic mass is 10.2. The van der Waals surface area contributed by atoms with Crippen LogP contribution in [-0.4, -0.2) is 50.5 Å². The molecule has 4 rings (SSSR count). The minimum atomic E-state index is 0.263. The van der Waals surface area contributed by atoms with Crippen LogP contribution in [0.5, 0.6) is 5.75 Å². The van der Waals surface area contributed by atoms with E-state index in [2.05, 4.69) is 15.2 Å². The highest BCUT2D eigenvalue weighted by atomic mass is 16.5. The van der Waals surface area contributed by atoms with Crippen molar-refractivity contribution >= 4 is 5.69 Å². The molecule has 0 saturated carbocycles. The van der Waals surface area contributed by atoms with E-state index in [1.165, 1.54) is 0 Å². The molecule has 1 N–H and O–H groups in total. The molecule has 5 nitrogen and oxygen atoms in total. The zero-order chi connectivity index (χ0) is 11.7. The lowest BCUT2D eigenvalue weighted by Crippen LogP contribution is -2.45. The van der Waals surface area contributed by atoms with E-state index >= 15 is 0 Å². The maximum absolute atomic E-state index is 5.76. The smallest absolute Gasteiger partial charge is 0.145 e. The number of morpholine rings is 1. The summed E-state index contributed by atoms with van der Waals surface area (Å²) in [6.07, 6.45) is 3.88. The first-order chi connectivity index (χ1) is 8.36. The molecule has 0 aliphatic carbocycles. The van der Waals surface area contributed by atoms with E-state index in [9.17, 15) is 0 Å². The van der Waals surface area contributed by atoms with E-state index < -0.39 is 0 Å². The maximum atomic E-state index is 5.76. The molecule has 0 aromatic carbocycles. The highest BCUT2D eigenvalue weighted by Gasteiger charge is 2.30. The first-order valence-electron chi connectivity index (χ1n) is 5.95. The third-order valence-corrected chi connectivity index (χ3v) is 3.35. The quantitative estimate of drug-likeness (QED) is 0.797. The Morgan fingerprint density at radius 1 is 1.53 bits per heavy atom. The van der Waals surface area contributed by atoms with Crippen LogP contribution in [0.2, 0.25) is 0 Å². The zero-order valence-electron chi connectivity index (χ0n) is 9.93. The predicted octanol–water partition coefficient (Wildman–Crippen LogP) is 0.267. The third kappa shape index (κ3) is 2.08. The summed E-state index contributed by atoms with van der Waals surface area (Å²) in [7, 11) is 1.69. The molecule has 3 aliphatic heterocycles. The van der Waals surface area contributed by atoms with Gasteiger partial charge in [0.15, 0.2) is 0 Å². The molecule has 1 aromatic heterocycles. The van der Waals surface area contributed by atoms with Gasteiger partial charge in [-0.3, -0.25) is 4.98 Å². The molecule has 3 fully saturated rings. The molecule has 2 atom stereocenters. The Morgan fingerprint density at radius 2 is 2.47 bits per heavy atom. The minimum Gasteiger partial charge on any atom is -0.494 e. The molecule has 3 saturated heterocycles. The second kappa shape index (κ2) is 4.50. The van der Waals surface area contributed by atoms with Crippen molar-refractivity contribution in [2.45, 2.75) is 12.1 Å². The van der Waals surface area contributed by atoms with Gasteiger partial charge in [-0.2, -0.15) is 0 Å². The van der Waals surface area contributed by atoms with Gasteiger partial charge >= 0.3 is 0 Å². The molecule has 4 heterocycles. The van der Waals surface area contributed by atoms with E-state index in [0.717, 1.165) is 37.7 Å². The van der Waals surface area contributed by atoms with Crippen molar-refractivity contribution in [2.24, 2.45) is 0 Å². The predicted molar refractivity (Wildman–Crippen MR) is 64.5 cm³/mol. The molecular formula is C12H17N3O2. The van der Waals surface area contributed by atoms with Gasteiger partial charge in [0.05, 0.1) is 31.7 Å². The topological polar surface area (TPSA) is 46.6 Å². The molecule has 5 heteroatoms. The Bertz CT molecular complexity index is 377. The summed E-state index contributed by atoms with van der Waals surface area (Å²) in [5.41, 5.74) is 1.05. The number of nitrogens with zero attached hydrogens (tertiary/aromatic N) is 2.